The molecule has 11 nitrogen and oxygen atoms in total. The molecule has 1 aliphatic rings. The first-order chi connectivity index (χ1) is 10.4. The van der Waals surface area contributed by atoms with E-state index in [0.717, 1.165) is 4.57 Å². The molecule has 0 bridgehead atoms. The molecule has 1 unspecified atom stereocenters. The van der Waals surface area contributed by atoms with Crippen molar-refractivity contribution >= 4 is 17.1 Å². The Morgan fingerprint density at radius 1 is 1.23 bits per heavy atom. The minimum Gasteiger partial charge on any atom is -0.394 e. The molecule has 2 aromatic rings. The molecule has 22 heavy (non-hydrogen) atoms. The van der Waals surface area contributed by atoms with Gasteiger partial charge in [0.15, 0.2) is 11.2 Å². The summed E-state index contributed by atoms with van der Waals surface area (Å²) in [6.45, 7) is -0.633. The Morgan fingerprint density at radius 2 is 1.91 bits per heavy atom. The second-order valence-corrected chi connectivity index (χ2v) is 5.07. The molecule has 7 N–H and O–H groups in total. The molecule has 2 aromatic heterocycles. The lowest BCUT2D eigenvalue weighted by molar-refractivity contribution is -0.0264. The van der Waals surface area contributed by atoms with Crippen LogP contribution in [0.4, 0.5) is 5.95 Å². The fraction of sp³-hybridized carbons (Fsp3) is 0.545. The Bertz CT molecular complexity index is 809. The Kier molecular flexibility index (Phi) is 3.48. The summed E-state index contributed by atoms with van der Waals surface area (Å²) in [5.74, 6) is -0.161. The van der Waals surface area contributed by atoms with E-state index in [2.05, 4.69) is 15.0 Å². The van der Waals surface area contributed by atoms with Crippen LogP contribution in [-0.2, 0) is 11.3 Å². The number of H-pyrrole nitrogens is 2. The average Bonchev–Trinajstić information content (AvgIpc) is 2.92. The van der Waals surface area contributed by atoms with Crippen LogP contribution in [0.5, 0.6) is 0 Å². The number of ether oxygens (including phenoxy) is 1. The van der Waals surface area contributed by atoms with E-state index in [-0.39, 0.29) is 23.7 Å². The first kappa shape index (κ1) is 14.7. The highest BCUT2D eigenvalue weighted by Crippen LogP contribution is 2.22. The molecular weight excluding hydrogens is 298 g/mol. The zero-order chi connectivity index (χ0) is 16.0. The summed E-state index contributed by atoms with van der Waals surface area (Å²) in [5.41, 5.74) is 4.20. The smallest absolute Gasteiger partial charge is 0.327 e. The monoisotopic (exact) mass is 313 g/mol. The van der Waals surface area contributed by atoms with E-state index in [1.807, 2.05) is 0 Å². The SMILES string of the molecule is Nc1nc2c([nH]c(=O)n2C[C@H]2O[C@@H](CO)[C@@H](O)C2O)c(=O)[nH]1. The van der Waals surface area contributed by atoms with Crippen molar-refractivity contribution in [2.24, 2.45) is 0 Å². The van der Waals surface area contributed by atoms with Crippen molar-refractivity contribution in [2.45, 2.75) is 31.0 Å². The second kappa shape index (κ2) is 5.21. The van der Waals surface area contributed by atoms with Crippen LogP contribution in [0.25, 0.3) is 11.2 Å². The zero-order valence-electron chi connectivity index (χ0n) is 11.3. The molecule has 0 radical (unpaired) electrons. The number of aliphatic hydroxyl groups excluding tert-OH is 3. The lowest BCUT2D eigenvalue weighted by atomic mass is 10.1. The maximum absolute atomic E-state index is 12.0. The minimum absolute atomic E-state index is 0.0176. The van der Waals surface area contributed by atoms with Crippen molar-refractivity contribution in [1.29, 1.82) is 0 Å². The van der Waals surface area contributed by atoms with Gasteiger partial charge in [0.1, 0.15) is 24.4 Å². The average molecular weight is 313 g/mol. The fourth-order valence-corrected chi connectivity index (χ4v) is 2.53. The number of aromatic amines is 2. The first-order valence-electron chi connectivity index (χ1n) is 6.53. The molecule has 0 amide bonds. The maximum atomic E-state index is 12.0. The van der Waals surface area contributed by atoms with Crippen LogP contribution < -0.4 is 17.0 Å². The van der Waals surface area contributed by atoms with E-state index in [1.165, 1.54) is 0 Å². The number of imidazole rings is 1. The summed E-state index contributed by atoms with van der Waals surface area (Å²) in [7, 11) is 0. The third kappa shape index (κ3) is 2.20. The van der Waals surface area contributed by atoms with Gasteiger partial charge < -0.3 is 25.8 Å². The van der Waals surface area contributed by atoms with Crippen LogP contribution in [0.3, 0.4) is 0 Å². The molecule has 3 rings (SSSR count). The Hall–Kier alpha value is -2.21. The minimum atomic E-state index is -1.28. The number of nitrogens with one attached hydrogen (secondary N) is 2. The van der Waals surface area contributed by atoms with Crippen molar-refractivity contribution in [3.05, 3.63) is 20.8 Å². The third-order valence-electron chi connectivity index (χ3n) is 3.66. The molecule has 3 heterocycles. The van der Waals surface area contributed by atoms with E-state index in [9.17, 15) is 19.8 Å². The lowest BCUT2D eigenvalue weighted by Crippen LogP contribution is -2.36. The van der Waals surface area contributed by atoms with Crippen molar-refractivity contribution in [2.75, 3.05) is 12.3 Å². The van der Waals surface area contributed by atoms with Gasteiger partial charge in [-0.1, -0.05) is 0 Å². The Labute approximate surface area is 122 Å². The van der Waals surface area contributed by atoms with Gasteiger partial charge in [0.05, 0.1) is 13.2 Å². The second-order valence-electron chi connectivity index (χ2n) is 5.07. The molecule has 1 fully saturated rings. The standard InChI is InChI=1S/C11H15N5O6/c12-10-14-8-5(9(20)15-10)13-11(21)16(8)1-3-6(18)7(19)4(2-17)22-3/h3-4,6-7,17-19H,1-2H2,(H,13,21)(H3,12,14,15,20)/t3-,4+,6?,7-/m1/s1. The van der Waals surface area contributed by atoms with Gasteiger partial charge in [-0.25, -0.2) is 4.79 Å². The lowest BCUT2D eigenvalue weighted by Gasteiger charge is -2.14. The molecule has 11 heteroatoms. The Balaban J connectivity index is 2.00. The largest absolute Gasteiger partial charge is 0.394 e. The highest BCUT2D eigenvalue weighted by Gasteiger charge is 2.42. The molecule has 1 saturated heterocycles. The molecule has 0 aromatic carbocycles. The number of hydrogen-bond acceptors (Lipinski definition) is 8. The number of nitrogen functional groups attached to an aromatic ring is 1. The van der Waals surface area contributed by atoms with Gasteiger partial charge in [-0.15, -0.1) is 0 Å². The summed E-state index contributed by atoms with van der Waals surface area (Å²) in [6.07, 6.45) is -4.43. The molecule has 4 atom stereocenters. The van der Waals surface area contributed by atoms with E-state index in [0.29, 0.717) is 0 Å². The maximum Gasteiger partial charge on any atom is 0.327 e. The van der Waals surface area contributed by atoms with E-state index < -0.39 is 42.3 Å². The number of aromatic nitrogens is 4. The molecule has 0 spiro atoms. The zero-order valence-corrected chi connectivity index (χ0v) is 11.3. The molecule has 0 saturated carbocycles. The predicted octanol–water partition coefficient (Wildman–Crippen LogP) is -3.52. The number of nitrogens with zero attached hydrogens (tertiary/aromatic N) is 2. The summed E-state index contributed by atoms with van der Waals surface area (Å²) < 4.78 is 6.39. The predicted molar refractivity (Wildman–Crippen MR) is 73.1 cm³/mol. The topological polar surface area (TPSA) is 179 Å². The summed E-state index contributed by atoms with van der Waals surface area (Å²) in [5, 5.41) is 28.7. The quantitative estimate of drug-likeness (QED) is 0.337. The summed E-state index contributed by atoms with van der Waals surface area (Å²) in [4.78, 5) is 32.1. The van der Waals surface area contributed by atoms with Crippen LogP contribution in [0.1, 0.15) is 0 Å². The summed E-state index contributed by atoms with van der Waals surface area (Å²) in [6, 6.07) is 0. The fourth-order valence-electron chi connectivity index (χ4n) is 2.53. The third-order valence-corrected chi connectivity index (χ3v) is 3.66. The van der Waals surface area contributed by atoms with Gasteiger partial charge >= 0.3 is 5.69 Å². The van der Waals surface area contributed by atoms with Crippen molar-refractivity contribution in [3.63, 3.8) is 0 Å². The van der Waals surface area contributed by atoms with Gasteiger partial charge in [-0.2, -0.15) is 4.98 Å². The number of hydrogen-bond donors (Lipinski definition) is 6. The highest BCUT2D eigenvalue weighted by atomic mass is 16.6. The number of rotatable bonds is 3. The number of anilines is 1. The highest BCUT2D eigenvalue weighted by molar-refractivity contribution is 5.70. The normalized spacial score (nSPS) is 28.5. The van der Waals surface area contributed by atoms with Crippen molar-refractivity contribution < 1.29 is 20.1 Å². The number of nitrogens with two attached hydrogens (primary N) is 1. The van der Waals surface area contributed by atoms with Gasteiger partial charge in [0, 0.05) is 0 Å². The van der Waals surface area contributed by atoms with Crippen molar-refractivity contribution in [3.8, 4) is 0 Å². The Morgan fingerprint density at radius 3 is 2.55 bits per heavy atom. The van der Waals surface area contributed by atoms with E-state index in [4.69, 9.17) is 15.6 Å². The van der Waals surface area contributed by atoms with Crippen LogP contribution in [-0.4, -0.2) is 65.9 Å². The van der Waals surface area contributed by atoms with Crippen LogP contribution in [0.2, 0.25) is 0 Å². The van der Waals surface area contributed by atoms with Crippen LogP contribution >= 0.6 is 0 Å². The molecule has 0 aliphatic carbocycles. The van der Waals surface area contributed by atoms with Gasteiger partial charge in [0.25, 0.3) is 5.56 Å². The number of fused-ring (bicyclic) bond motifs is 1. The van der Waals surface area contributed by atoms with Gasteiger partial charge in [-0.3, -0.25) is 19.3 Å². The van der Waals surface area contributed by atoms with Crippen LogP contribution in [0.15, 0.2) is 9.59 Å². The van der Waals surface area contributed by atoms with Crippen molar-refractivity contribution in [1.82, 2.24) is 19.5 Å². The van der Waals surface area contributed by atoms with Gasteiger partial charge in [0.2, 0.25) is 5.95 Å². The summed E-state index contributed by atoms with van der Waals surface area (Å²) >= 11 is 0. The first-order valence-corrected chi connectivity index (χ1v) is 6.53. The molecular formula is C11H15N5O6. The molecule has 120 valence electrons. The van der Waals surface area contributed by atoms with Crippen LogP contribution in [0, 0.1) is 0 Å². The van der Waals surface area contributed by atoms with E-state index >= 15 is 0 Å². The van der Waals surface area contributed by atoms with Gasteiger partial charge in [-0.05, 0) is 0 Å². The number of aliphatic hydroxyl groups is 3. The van der Waals surface area contributed by atoms with E-state index in [1.54, 1.807) is 0 Å². The molecule has 1 aliphatic heterocycles.